The van der Waals surface area contributed by atoms with Crippen LogP contribution in [0.5, 0.6) is 0 Å². The lowest BCUT2D eigenvalue weighted by atomic mass is 9.85. The molecule has 0 saturated carbocycles. The van der Waals surface area contributed by atoms with Gasteiger partial charge in [-0.05, 0) is 47.4 Å². The monoisotopic (exact) mass is 295 g/mol. The SMILES string of the molecule is CC(N)(Cc1cccc2ccccc12)c1cccc(Cl)c1. The van der Waals surface area contributed by atoms with E-state index in [1.54, 1.807) is 0 Å². The van der Waals surface area contributed by atoms with Crippen LogP contribution in [0.3, 0.4) is 0 Å². The molecular formula is C19H18ClN. The summed E-state index contributed by atoms with van der Waals surface area (Å²) >= 11 is 6.09. The molecule has 0 aromatic heterocycles. The molecule has 0 amide bonds. The van der Waals surface area contributed by atoms with Crippen molar-refractivity contribution in [2.24, 2.45) is 5.73 Å². The van der Waals surface area contributed by atoms with E-state index in [1.807, 2.05) is 24.3 Å². The van der Waals surface area contributed by atoms with Gasteiger partial charge in [0, 0.05) is 10.6 Å². The Morgan fingerprint density at radius 1 is 0.952 bits per heavy atom. The molecular weight excluding hydrogens is 278 g/mol. The predicted octanol–water partition coefficient (Wildman–Crippen LogP) is 4.91. The van der Waals surface area contributed by atoms with Gasteiger partial charge >= 0.3 is 0 Å². The molecule has 1 atom stereocenters. The number of fused-ring (bicyclic) bond motifs is 1. The third kappa shape index (κ3) is 2.94. The molecule has 0 saturated heterocycles. The number of benzene rings is 3. The molecule has 0 spiro atoms. The molecule has 2 heteroatoms. The van der Waals surface area contributed by atoms with Crippen molar-refractivity contribution in [3.8, 4) is 0 Å². The summed E-state index contributed by atoms with van der Waals surface area (Å²) in [5.41, 5.74) is 8.44. The zero-order valence-electron chi connectivity index (χ0n) is 12.0. The molecule has 0 aliphatic carbocycles. The van der Waals surface area contributed by atoms with Gasteiger partial charge in [0.05, 0.1) is 0 Å². The number of hydrogen-bond donors (Lipinski definition) is 1. The Labute approximate surface area is 130 Å². The van der Waals surface area contributed by atoms with Crippen LogP contribution in [0.2, 0.25) is 5.02 Å². The van der Waals surface area contributed by atoms with Crippen LogP contribution in [0.4, 0.5) is 0 Å². The van der Waals surface area contributed by atoms with Crippen molar-refractivity contribution < 1.29 is 0 Å². The van der Waals surface area contributed by atoms with Crippen molar-refractivity contribution >= 4 is 22.4 Å². The quantitative estimate of drug-likeness (QED) is 0.730. The van der Waals surface area contributed by atoms with Crippen LogP contribution in [0, 0.1) is 0 Å². The topological polar surface area (TPSA) is 26.0 Å². The first kappa shape index (κ1) is 14.1. The van der Waals surface area contributed by atoms with E-state index in [0.717, 1.165) is 17.0 Å². The molecule has 0 aliphatic rings. The molecule has 3 aromatic carbocycles. The second-order valence-corrected chi connectivity index (χ2v) is 6.18. The van der Waals surface area contributed by atoms with E-state index in [9.17, 15) is 0 Å². The molecule has 2 N–H and O–H groups in total. The highest BCUT2D eigenvalue weighted by molar-refractivity contribution is 6.30. The minimum Gasteiger partial charge on any atom is -0.321 e. The second kappa shape index (κ2) is 5.51. The number of nitrogens with two attached hydrogens (primary N) is 1. The fourth-order valence-corrected chi connectivity index (χ4v) is 2.98. The van der Waals surface area contributed by atoms with Gasteiger partial charge in [0.1, 0.15) is 0 Å². The lowest BCUT2D eigenvalue weighted by Crippen LogP contribution is -2.35. The molecule has 21 heavy (non-hydrogen) atoms. The molecule has 0 heterocycles. The van der Waals surface area contributed by atoms with Gasteiger partial charge in [-0.15, -0.1) is 0 Å². The Hall–Kier alpha value is -1.83. The lowest BCUT2D eigenvalue weighted by molar-refractivity contribution is 0.493. The van der Waals surface area contributed by atoms with Crippen molar-refractivity contribution in [1.29, 1.82) is 0 Å². The van der Waals surface area contributed by atoms with Crippen LogP contribution < -0.4 is 5.73 Å². The average molecular weight is 296 g/mol. The molecule has 0 bridgehead atoms. The van der Waals surface area contributed by atoms with E-state index in [-0.39, 0.29) is 0 Å². The zero-order chi connectivity index (χ0) is 14.9. The number of halogens is 1. The summed E-state index contributed by atoms with van der Waals surface area (Å²) in [6, 6.07) is 22.6. The van der Waals surface area contributed by atoms with Gasteiger partial charge in [0.25, 0.3) is 0 Å². The fraction of sp³-hybridized carbons (Fsp3) is 0.158. The smallest absolute Gasteiger partial charge is 0.0422 e. The molecule has 1 nitrogen and oxygen atoms in total. The van der Waals surface area contributed by atoms with E-state index in [2.05, 4.69) is 49.4 Å². The normalized spacial score (nSPS) is 14.0. The minimum atomic E-state index is -0.449. The summed E-state index contributed by atoms with van der Waals surface area (Å²) < 4.78 is 0. The van der Waals surface area contributed by atoms with Gasteiger partial charge in [0.2, 0.25) is 0 Å². The first-order valence-electron chi connectivity index (χ1n) is 7.08. The number of rotatable bonds is 3. The molecule has 0 fully saturated rings. The Morgan fingerprint density at radius 2 is 1.67 bits per heavy atom. The maximum atomic E-state index is 6.57. The third-order valence-electron chi connectivity index (χ3n) is 3.92. The Bertz CT molecular complexity index is 772. The van der Waals surface area contributed by atoms with Gasteiger partial charge in [-0.2, -0.15) is 0 Å². The lowest BCUT2D eigenvalue weighted by Gasteiger charge is -2.26. The van der Waals surface area contributed by atoms with Crippen molar-refractivity contribution in [3.05, 3.63) is 82.9 Å². The standard InChI is InChI=1S/C19H18ClN/c1-19(21,16-9-5-10-17(20)12-16)13-15-8-4-7-14-6-2-3-11-18(14)15/h2-12H,13,21H2,1H3. The van der Waals surface area contributed by atoms with Crippen LogP contribution in [-0.4, -0.2) is 0 Å². The molecule has 0 radical (unpaired) electrons. The first-order chi connectivity index (χ1) is 10.1. The zero-order valence-corrected chi connectivity index (χ0v) is 12.8. The highest BCUT2D eigenvalue weighted by Gasteiger charge is 2.22. The maximum Gasteiger partial charge on any atom is 0.0422 e. The van der Waals surface area contributed by atoms with Gasteiger partial charge in [-0.1, -0.05) is 66.2 Å². The first-order valence-corrected chi connectivity index (χ1v) is 7.46. The van der Waals surface area contributed by atoms with E-state index >= 15 is 0 Å². The van der Waals surface area contributed by atoms with Crippen molar-refractivity contribution in [2.45, 2.75) is 18.9 Å². The Balaban J connectivity index is 2.01. The molecule has 3 aromatic rings. The van der Waals surface area contributed by atoms with E-state index < -0.39 is 5.54 Å². The van der Waals surface area contributed by atoms with E-state index in [4.69, 9.17) is 17.3 Å². The fourth-order valence-electron chi connectivity index (χ4n) is 2.79. The molecule has 106 valence electrons. The highest BCUT2D eigenvalue weighted by Crippen LogP contribution is 2.28. The van der Waals surface area contributed by atoms with Gasteiger partial charge in [-0.25, -0.2) is 0 Å². The van der Waals surface area contributed by atoms with Crippen LogP contribution >= 0.6 is 11.6 Å². The summed E-state index contributed by atoms with van der Waals surface area (Å²) in [5, 5.41) is 3.23. The van der Waals surface area contributed by atoms with Crippen LogP contribution in [-0.2, 0) is 12.0 Å². The van der Waals surface area contributed by atoms with E-state index in [1.165, 1.54) is 16.3 Å². The summed E-state index contributed by atoms with van der Waals surface area (Å²) in [6.07, 6.45) is 0.773. The van der Waals surface area contributed by atoms with Crippen LogP contribution in [0.25, 0.3) is 10.8 Å². The summed E-state index contributed by atoms with van der Waals surface area (Å²) in [4.78, 5) is 0. The molecule has 1 unspecified atom stereocenters. The summed E-state index contributed by atoms with van der Waals surface area (Å²) in [5.74, 6) is 0. The minimum absolute atomic E-state index is 0.449. The molecule has 0 aliphatic heterocycles. The van der Waals surface area contributed by atoms with Crippen molar-refractivity contribution in [2.75, 3.05) is 0 Å². The van der Waals surface area contributed by atoms with E-state index in [0.29, 0.717) is 0 Å². The maximum absolute atomic E-state index is 6.57. The summed E-state index contributed by atoms with van der Waals surface area (Å²) in [7, 11) is 0. The number of hydrogen-bond acceptors (Lipinski definition) is 1. The predicted molar refractivity (Wildman–Crippen MR) is 90.6 cm³/mol. The van der Waals surface area contributed by atoms with Gasteiger partial charge in [-0.3, -0.25) is 0 Å². The summed E-state index contributed by atoms with van der Waals surface area (Å²) in [6.45, 7) is 2.06. The average Bonchev–Trinajstić information content (AvgIpc) is 2.47. The Morgan fingerprint density at radius 3 is 2.48 bits per heavy atom. The Kier molecular flexibility index (Phi) is 3.71. The van der Waals surface area contributed by atoms with Crippen LogP contribution in [0.15, 0.2) is 66.7 Å². The van der Waals surface area contributed by atoms with Crippen molar-refractivity contribution in [1.82, 2.24) is 0 Å². The highest BCUT2D eigenvalue weighted by atomic mass is 35.5. The van der Waals surface area contributed by atoms with Crippen LogP contribution in [0.1, 0.15) is 18.1 Å². The third-order valence-corrected chi connectivity index (χ3v) is 4.16. The van der Waals surface area contributed by atoms with Crippen molar-refractivity contribution in [3.63, 3.8) is 0 Å². The molecule has 3 rings (SSSR count). The van der Waals surface area contributed by atoms with Gasteiger partial charge in [0.15, 0.2) is 0 Å². The van der Waals surface area contributed by atoms with Gasteiger partial charge < -0.3 is 5.73 Å². The second-order valence-electron chi connectivity index (χ2n) is 5.74. The largest absolute Gasteiger partial charge is 0.321 e.